The van der Waals surface area contributed by atoms with Crippen LogP contribution in [0.4, 0.5) is 10.5 Å². The van der Waals surface area contributed by atoms with Crippen LogP contribution in [0.2, 0.25) is 0 Å². The Balaban J connectivity index is 2.81. The number of anilines is 1. The van der Waals surface area contributed by atoms with Crippen LogP contribution in [0.15, 0.2) is 18.2 Å². The fourth-order valence-electron chi connectivity index (χ4n) is 1.24. The molecule has 0 aliphatic carbocycles. The van der Waals surface area contributed by atoms with E-state index in [-0.39, 0.29) is 6.03 Å². The van der Waals surface area contributed by atoms with Crippen molar-refractivity contribution in [2.24, 2.45) is 0 Å². The lowest BCUT2D eigenvalue weighted by molar-refractivity contribution is 0.224. The molecule has 15 heavy (non-hydrogen) atoms. The molecule has 3 nitrogen and oxygen atoms in total. The number of nitrogens with zero attached hydrogens (tertiary/aromatic N) is 1. The van der Waals surface area contributed by atoms with Crippen LogP contribution in [0.5, 0.6) is 0 Å². The van der Waals surface area contributed by atoms with Crippen LogP contribution in [0, 0.1) is 13.8 Å². The van der Waals surface area contributed by atoms with Gasteiger partial charge in [-0.1, -0.05) is 12.1 Å². The van der Waals surface area contributed by atoms with Gasteiger partial charge in [-0.05, 0) is 38.0 Å². The maximum absolute atomic E-state index is 11.6. The summed E-state index contributed by atoms with van der Waals surface area (Å²) >= 11 is 0. The Morgan fingerprint density at radius 1 is 1.40 bits per heavy atom. The van der Waals surface area contributed by atoms with E-state index in [0.29, 0.717) is 6.54 Å². The van der Waals surface area contributed by atoms with Crippen LogP contribution >= 0.6 is 0 Å². The Kier molecular flexibility index (Phi) is 3.72. The van der Waals surface area contributed by atoms with Crippen LogP contribution in [0.25, 0.3) is 0 Å². The summed E-state index contributed by atoms with van der Waals surface area (Å²) in [5.74, 6) is 0. The van der Waals surface area contributed by atoms with Gasteiger partial charge in [0, 0.05) is 19.3 Å². The number of hydrogen-bond acceptors (Lipinski definition) is 1. The van der Waals surface area contributed by atoms with Crippen LogP contribution in [0.3, 0.4) is 0 Å². The molecule has 0 radical (unpaired) electrons. The molecule has 0 bridgehead atoms. The van der Waals surface area contributed by atoms with E-state index in [2.05, 4.69) is 5.32 Å². The molecule has 0 aliphatic heterocycles. The third-order valence-electron chi connectivity index (χ3n) is 2.67. The van der Waals surface area contributed by atoms with E-state index in [0.717, 1.165) is 11.3 Å². The van der Waals surface area contributed by atoms with E-state index < -0.39 is 0 Å². The van der Waals surface area contributed by atoms with Crippen molar-refractivity contribution in [2.75, 3.05) is 18.9 Å². The number of aryl methyl sites for hydroxylation is 1. The average molecular weight is 206 g/mol. The minimum absolute atomic E-state index is 0.0637. The Bertz CT molecular complexity index is 361. The Hall–Kier alpha value is -1.51. The second-order valence-electron chi connectivity index (χ2n) is 3.69. The van der Waals surface area contributed by atoms with E-state index in [1.54, 1.807) is 11.9 Å². The summed E-state index contributed by atoms with van der Waals surface area (Å²) in [4.78, 5) is 13.3. The molecule has 2 amide bonds. The second-order valence-corrected chi connectivity index (χ2v) is 3.69. The molecular formula is C12H18N2O. The van der Waals surface area contributed by atoms with Gasteiger partial charge in [0.15, 0.2) is 0 Å². The fraction of sp³-hybridized carbons (Fsp3) is 0.417. The van der Waals surface area contributed by atoms with Gasteiger partial charge < -0.3 is 10.2 Å². The monoisotopic (exact) mass is 206 g/mol. The summed E-state index contributed by atoms with van der Waals surface area (Å²) in [7, 11) is 1.78. The van der Waals surface area contributed by atoms with Crippen LogP contribution in [-0.2, 0) is 0 Å². The molecule has 0 heterocycles. The van der Waals surface area contributed by atoms with Crippen molar-refractivity contribution in [1.29, 1.82) is 0 Å². The number of urea groups is 1. The first-order valence-electron chi connectivity index (χ1n) is 5.14. The van der Waals surface area contributed by atoms with Crippen molar-refractivity contribution >= 4 is 11.7 Å². The lowest BCUT2D eigenvalue weighted by Gasteiger charge is -2.17. The standard InChI is InChI=1S/C12H18N2O/c1-5-14(4)12(15)13-11-8-6-7-9(2)10(11)3/h6-8H,5H2,1-4H3,(H,13,15). The zero-order valence-electron chi connectivity index (χ0n) is 9.79. The molecule has 0 spiro atoms. The first kappa shape index (κ1) is 11.6. The van der Waals surface area contributed by atoms with Crippen molar-refractivity contribution < 1.29 is 4.79 Å². The highest BCUT2D eigenvalue weighted by Gasteiger charge is 2.08. The third kappa shape index (κ3) is 2.72. The highest BCUT2D eigenvalue weighted by atomic mass is 16.2. The molecule has 82 valence electrons. The van der Waals surface area contributed by atoms with Gasteiger partial charge >= 0.3 is 6.03 Å². The predicted molar refractivity (Wildman–Crippen MR) is 63.2 cm³/mol. The molecule has 3 heteroatoms. The summed E-state index contributed by atoms with van der Waals surface area (Å²) < 4.78 is 0. The number of rotatable bonds is 2. The average Bonchev–Trinajstić information content (AvgIpc) is 2.23. The molecule has 1 N–H and O–H groups in total. The zero-order chi connectivity index (χ0) is 11.4. The summed E-state index contributed by atoms with van der Waals surface area (Å²) in [6.45, 7) is 6.70. The molecule has 0 aliphatic rings. The van der Waals surface area contributed by atoms with Gasteiger partial charge in [0.05, 0.1) is 0 Å². The Morgan fingerprint density at radius 2 is 2.07 bits per heavy atom. The number of benzene rings is 1. The van der Waals surface area contributed by atoms with Gasteiger partial charge in [0.25, 0.3) is 0 Å². The number of carbonyl (C=O) groups excluding carboxylic acids is 1. The molecule has 1 rings (SSSR count). The maximum atomic E-state index is 11.6. The Labute approximate surface area is 91.1 Å². The fourth-order valence-corrected chi connectivity index (χ4v) is 1.24. The molecule has 0 atom stereocenters. The first-order valence-corrected chi connectivity index (χ1v) is 5.14. The normalized spacial score (nSPS) is 9.87. The minimum Gasteiger partial charge on any atom is -0.328 e. The molecule has 0 fully saturated rings. The summed E-state index contributed by atoms with van der Waals surface area (Å²) in [6.07, 6.45) is 0. The predicted octanol–water partition coefficient (Wildman–Crippen LogP) is 2.79. The van der Waals surface area contributed by atoms with Gasteiger partial charge in [-0.15, -0.1) is 0 Å². The minimum atomic E-state index is -0.0637. The van der Waals surface area contributed by atoms with Crippen molar-refractivity contribution in [1.82, 2.24) is 4.90 Å². The van der Waals surface area contributed by atoms with E-state index in [1.165, 1.54) is 5.56 Å². The van der Waals surface area contributed by atoms with Gasteiger partial charge in [0.1, 0.15) is 0 Å². The van der Waals surface area contributed by atoms with E-state index in [1.807, 2.05) is 39.0 Å². The third-order valence-corrected chi connectivity index (χ3v) is 2.67. The lowest BCUT2D eigenvalue weighted by atomic mass is 10.1. The quantitative estimate of drug-likeness (QED) is 0.792. The van der Waals surface area contributed by atoms with Crippen LogP contribution < -0.4 is 5.32 Å². The van der Waals surface area contributed by atoms with Gasteiger partial charge in [-0.2, -0.15) is 0 Å². The van der Waals surface area contributed by atoms with Gasteiger partial charge in [-0.3, -0.25) is 0 Å². The summed E-state index contributed by atoms with van der Waals surface area (Å²) in [5, 5.41) is 2.89. The number of carbonyl (C=O) groups is 1. The molecule has 1 aromatic rings. The van der Waals surface area contributed by atoms with Gasteiger partial charge in [0.2, 0.25) is 0 Å². The topological polar surface area (TPSA) is 32.3 Å². The molecule has 0 saturated heterocycles. The van der Waals surface area contributed by atoms with Gasteiger partial charge in [-0.25, -0.2) is 4.79 Å². The van der Waals surface area contributed by atoms with Crippen LogP contribution in [-0.4, -0.2) is 24.5 Å². The SMILES string of the molecule is CCN(C)C(=O)Nc1cccc(C)c1C. The van der Waals surface area contributed by atoms with E-state index >= 15 is 0 Å². The number of amides is 2. The summed E-state index contributed by atoms with van der Waals surface area (Å²) in [6, 6.07) is 5.84. The second kappa shape index (κ2) is 4.82. The Morgan fingerprint density at radius 3 is 2.67 bits per heavy atom. The van der Waals surface area contributed by atoms with E-state index in [4.69, 9.17) is 0 Å². The van der Waals surface area contributed by atoms with Crippen molar-refractivity contribution in [3.05, 3.63) is 29.3 Å². The number of hydrogen-bond donors (Lipinski definition) is 1. The lowest BCUT2D eigenvalue weighted by Crippen LogP contribution is -2.31. The smallest absolute Gasteiger partial charge is 0.321 e. The van der Waals surface area contributed by atoms with Crippen molar-refractivity contribution in [3.63, 3.8) is 0 Å². The zero-order valence-corrected chi connectivity index (χ0v) is 9.79. The van der Waals surface area contributed by atoms with Crippen LogP contribution in [0.1, 0.15) is 18.1 Å². The maximum Gasteiger partial charge on any atom is 0.321 e. The van der Waals surface area contributed by atoms with Crippen molar-refractivity contribution in [2.45, 2.75) is 20.8 Å². The first-order chi connectivity index (χ1) is 7.06. The highest BCUT2D eigenvalue weighted by Crippen LogP contribution is 2.18. The van der Waals surface area contributed by atoms with Crippen molar-refractivity contribution in [3.8, 4) is 0 Å². The van der Waals surface area contributed by atoms with E-state index in [9.17, 15) is 4.79 Å². The molecule has 1 aromatic carbocycles. The molecular weight excluding hydrogens is 188 g/mol. The molecule has 0 saturated carbocycles. The summed E-state index contributed by atoms with van der Waals surface area (Å²) in [5.41, 5.74) is 3.20. The molecule has 0 unspecified atom stereocenters. The number of nitrogens with one attached hydrogen (secondary N) is 1. The molecule has 0 aromatic heterocycles. The largest absolute Gasteiger partial charge is 0.328 e. The highest BCUT2D eigenvalue weighted by molar-refractivity contribution is 5.90.